The van der Waals surface area contributed by atoms with E-state index in [-0.39, 0.29) is 0 Å². The van der Waals surface area contributed by atoms with Gasteiger partial charge in [0.05, 0.1) is 13.2 Å². The zero-order chi connectivity index (χ0) is 10.2. The number of ether oxygens (including phenoxy) is 1. The summed E-state index contributed by atoms with van der Waals surface area (Å²) in [4.78, 5) is 2.54. The molecular formula is C11H24N2O. The average molecular weight is 200 g/mol. The van der Waals surface area contributed by atoms with E-state index < -0.39 is 0 Å². The van der Waals surface area contributed by atoms with Crippen LogP contribution in [-0.4, -0.2) is 50.8 Å². The van der Waals surface area contributed by atoms with E-state index in [0.717, 1.165) is 26.3 Å². The highest BCUT2D eigenvalue weighted by atomic mass is 16.5. The molecule has 1 heterocycles. The fourth-order valence-corrected chi connectivity index (χ4v) is 1.89. The van der Waals surface area contributed by atoms with Crippen LogP contribution in [0.5, 0.6) is 0 Å². The molecule has 0 spiro atoms. The predicted molar refractivity (Wildman–Crippen MR) is 59.6 cm³/mol. The van der Waals surface area contributed by atoms with Gasteiger partial charge >= 0.3 is 0 Å². The Hall–Kier alpha value is -0.120. The van der Waals surface area contributed by atoms with Crippen molar-refractivity contribution in [3.05, 3.63) is 0 Å². The van der Waals surface area contributed by atoms with Crippen LogP contribution in [0.25, 0.3) is 0 Å². The van der Waals surface area contributed by atoms with Gasteiger partial charge in [-0.25, -0.2) is 0 Å². The molecule has 0 aromatic heterocycles. The van der Waals surface area contributed by atoms with Gasteiger partial charge in [0.2, 0.25) is 0 Å². The third-order valence-corrected chi connectivity index (χ3v) is 2.88. The molecule has 1 atom stereocenters. The van der Waals surface area contributed by atoms with Crippen LogP contribution >= 0.6 is 0 Å². The van der Waals surface area contributed by atoms with Crippen molar-refractivity contribution in [2.45, 2.75) is 32.2 Å². The van der Waals surface area contributed by atoms with Gasteiger partial charge < -0.3 is 10.1 Å². The van der Waals surface area contributed by atoms with E-state index in [2.05, 4.69) is 17.1 Å². The standard InChI is InChI=1S/C11H24N2O/c1-11-10-14-9-8-13(11)7-5-3-4-6-12-2/h11-12H,3-10H2,1-2H3. The first kappa shape index (κ1) is 12.0. The fraction of sp³-hybridized carbons (Fsp3) is 1.00. The smallest absolute Gasteiger partial charge is 0.0619 e. The third-order valence-electron chi connectivity index (χ3n) is 2.88. The van der Waals surface area contributed by atoms with Crippen molar-refractivity contribution < 1.29 is 4.74 Å². The number of hydrogen-bond donors (Lipinski definition) is 1. The monoisotopic (exact) mass is 200 g/mol. The molecule has 1 rings (SSSR count). The van der Waals surface area contributed by atoms with Gasteiger partial charge in [0, 0.05) is 12.6 Å². The number of unbranched alkanes of at least 4 members (excludes halogenated alkanes) is 2. The summed E-state index contributed by atoms with van der Waals surface area (Å²) < 4.78 is 5.41. The Morgan fingerprint density at radius 3 is 2.93 bits per heavy atom. The van der Waals surface area contributed by atoms with Crippen molar-refractivity contribution in [2.75, 3.05) is 39.9 Å². The Bertz CT molecular complexity index is 141. The molecule has 14 heavy (non-hydrogen) atoms. The summed E-state index contributed by atoms with van der Waals surface area (Å²) in [5, 5.41) is 3.18. The first-order valence-electron chi connectivity index (χ1n) is 5.81. The SMILES string of the molecule is CNCCCCCN1CCOCC1C. The highest BCUT2D eigenvalue weighted by Crippen LogP contribution is 2.07. The van der Waals surface area contributed by atoms with E-state index in [9.17, 15) is 0 Å². The topological polar surface area (TPSA) is 24.5 Å². The maximum atomic E-state index is 5.41. The lowest BCUT2D eigenvalue weighted by Crippen LogP contribution is -2.43. The van der Waals surface area contributed by atoms with E-state index in [4.69, 9.17) is 4.74 Å². The van der Waals surface area contributed by atoms with Gasteiger partial charge in [0.15, 0.2) is 0 Å². The van der Waals surface area contributed by atoms with Gasteiger partial charge in [0.25, 0.3) is 0 Å². The molecule has 1 aliphatic rings. The molecule has 0 aromatic carbocycles. The summed E-state index contributed by atoms with van der Waals surface area (Å²) >= 11 is 0. The molecule has 3 nitrogen and oxygen atoms in total. The van der Waals surface area contributed by atoms with Crippen molar-refractivity contribution in [2.24, 2.45) is 0 Å². The van der Waals surface area contributed by atoms with Gasteiger partial charge in [-0.05, 0) is 39.9 Å². The first-order chi connectivity index (χ1) is 6.84. The summed E-state index contributed by atoms with van der Waals surface area (Å²) in [7, 11) is 2.02. The van der Waals surface area contributed by atoms with Gasteiger partial charge in [-0.1, -0.05) is 6.42 Å². The average Bonchev–Trinajstić information content (AvgIpc) is 2.20. The molecule has 0 saturated carbocycles. The predicted octanol–water partition coefficient (Wildman–Crippen LogP) is 1.10. The maximum Gasteiger partial charge on any atom is 0.0619 e. The fourth-order valence-electron chi connectivity index (χ4n) is 1.89. The molecule has 0 bridgehead atoms. The Morgan fingerprint density at radius 1 is 1.36 bits per heavy atom. The molecule has 1 aliphatic heterocycles. The Morgan fingerprint density at radius 2 is 2.21 bits per heavy atom. The largest absolute Gasteiger partial charge is 0.379 e. The van der Waals surface area contributed by atoms with E-state index >= 15 is 0 Å². The molecular weight excluding hydrogens is 176 g/mol. The maximum absolute atomic E-state index is 5.41. The summed E-state index contributed by atoms with van der Waals surface area (Å²) in [6.45, 7) is 7.60. The van der Waals surface area contributed by atoms with Crippen molar-refractivity contribution in [3.63, 3.8) is 0 Å². The summed E-state index contributed by atoms with van der Waals surface area (Å²) in [6, 6.07) is 0.619. The van der Waals surface area contributed by atoms with Crippen LogP contribution in [-0.2, 0) is 4.74 Å². The van der Waals surface area contributed by atoms with Crippen molar-refractivity contribution >= 4 is 0 Å². The van der Waals surface area contributed by atoms with Crippen LogP contribution in [0, 0.1) is 0 Å². The zero-order valence-electron chi connectivity index (χ0n) is 9.59. The molecule has 0 aliphatic carbocycles. The summed E-state index contributed by atoms with van der Waals surface area (Å²) in [5.74, 6) is 0. The third kappa shape index (κ3) is 4.40. The normalized spacial score (nSPS) is 24.0. The number of rotatable bonds is 6. The minimum Gasteiger partial charge on any atom is -0.379 e. The minimum absolute atomic E-state index is 0.619. The number of hydrogen-bond acceptors (Lipinski definition) is 3. The molecule has 1 N–H and O–H groups in total. The van der Waals surface area contributed by atoms with Crippen LogP contribution in [0.2, 0.25) is 0 Å². The molecule has 0 amide bonds. The van der Waals surface area contributed by atoms with Gasteiger partial charge in [0.1, 0.15) is 0 Å². The van der Waals surface area contributed by atoms with Gasteiger partial charge in [-0.2, -0.15) is 0 Å². The van der Waals surface area contributed by atoms with Crippen molar-refractivity contribution in [1.29, 1.82) is 0 Å². The lowest BCUT2D eigenvalue weighted by molar-refractivity contribution is -0.000896. The lowest BCUT2D eigenvalue weighted by atomic mass is 10.2. The second-order valence-electron chi connectivity index (χ2n) is 4.12. The summed E-state index contributed by atoms with van der Waals surface area (Å²) in [6.07, 6.45) is 3.96. The Balaban J connectivity index is 1.99. The highest BCUT2D eigenvalue weighted by Gasteiger charge is 2.17. The lowest BCUT2D eigenvalue weighted by Gasteiger charge is -2.33. The van der Waals surface area contributed by atoms with Crippen LogP contribution in [0.15, 0.2) is 0 Å². The molecule has 3 heteroatoms. The van der Waals surface area contributed by atoms with Crippen LogP contribution in [0.3, 0.4) is 0 Å². The molecule has 0 aromatic rings. The Kier molecular flexibility index (Phi) is 6.15. The number of morpholine rings is 1. The number of nitrogens with one attached hydrogen (secondary N) is 1. The second kappa shape index (κ2) is 7.21. The van der Waals surface area contributed by atoms with Crippen LogP contribution in [0.4, 0.5) is 0 Å². The minimum atomic E-state index is 0.619. The second-order valence-corrected chi connectivity index (χ2v) is 4.12. The van der Waals surface area contributed by atoms with E-state index in [1.54, 1.807) is 0 Å². The first-order valence-corrected chi connectivity index (χ1v) is 5.81. The van der Waals surface area contributed by atoms with Gasteiger partial charge in [-0.15, -0.1) is 0 Å². The molecule has 84 valence electrons. The summed E-state index contributed by atoms with van der Waals surface area (Å²) in [5.41, 5.74) is 0. The Labute approximate surface area is 87.8 Å². The van der Waals surface area contributed by atoms with Crippen LogP contribution in [0.1, 0.15) is 26.2 Å². The highest BCUT2D eigenvalue weighted by molar-refractivity contribution is 4.70. The number of nitrogens with zero attached hydrogens (tertiary/aromatic N) is 1. The molecule has 1 unspecified atom stereocenters. The van der Waals surface area contributed by atoms with E-state index in [0.29, 0.717) is 6.04 Å². The van der Waals surface area contributed by atoms with Crippen molar-refractivity contribution in [1.82, 2.24) is 10.2 Å². The molecule has 1 saturated heterocycles. The molecule has 0 radical (unpaired) electrons. The molecule has 1 fully saturated rings. The zero-order valence-corrected chi connectivity index (χ0v) is 9.59. The van der Waals surface area contributed by atoms with Crippen LogP contribution < -0.4 is 5.32 Å². The van der Waals surface area contributed by atoms with E-state index in [1.165, 1.54) is 25.8 Å². The quantitative estimate of drug-likeness (QED) is 0.650. The van der Waals surface area contributed by atoms with Crippen molar-refractivity contribution in [3.8, 4) is 0 Å². The van der Waals surface area contributed by atoms with Gasteiger partial charge in [-0.3, -0.25) is 4.90 Å². The van der Waals surface area contributed by atoms with E-state index in [1.807, 2.05) is 7.05 Å².